The topological polar surface area (TPSA) is 93.2 Å². The Kier molecular flexibility index (Phi) is 9.24. The van der Waals surface area contributed by atoms with Crippen LogP contribution in [0.2, 0.25) is 0 Å². The average molecular weight is 538 g/mol. The Hall–Kier alpha value is -2.84. The third-order valence-electron chi connectivity index (χ3n) is 8.27. The van der Waals surface area contributed by atoms with Crippen LogP contribution in [0.1, 0.15) is 73.4 Å². The largest absolute Gasteiger partial charge is 0.496 e. The number of aryl methyl sites for hydroxylation is 1. The van der Waals surface area contributed by atoms with Crippen LogP contribution >= 0.6 is 0 Å². The van der Waals surface area contributed by atoms with Crippen molar-refractivity contribution in [3.8, 4) is 11.5 Å². The van der Waals surface area contributed by atoms with Gasteiger partial charge in [-0.1, -0.05) is 12.5 Å². The number of hydrogen-bond acceptors (Lipinski definition) is 7. The summed E-state index contributed by atoms with van der Waals surface area (Å²) in [6.07, 6.45) is 10.6. The maximum absolute atomic E-state index is 12.4. The fourth-order valence-electron chi connectivity index (χ4n) is 5.99. The highest BCUT2D eigenvalue weighted by molar-refractivity contribution is 5.77. The maximum atomic E-state index is 12.4. The van der Waals surface area contributed by atoms with Gasteiger partial charge in [-0.2, -0.15) is 0 Å². The molecular weight excluding hydrogens is 494 g/mol. The number of unbranched alkanes of at least 4 members (excludes halogenated alkanes) is 2. The standard InChI is InChI=1S/C31H43N3O5/c1-37-27-12-11-22(17-21-9-10-21)18-26(27)29(31(35)36)34-15-13-24(20-34)39-16-5-3-4-7-23-19-28(38-2)25-8-6-14-32-30(25)33-23/h11-12,18-19,21,24,29H,3-10,13-17,20H2,1-2H3,(H,32,33)(H,35,36)/t24-,29?/m1/s1. The lowest BCUT2D eigenvalue weighted by molar-refractivity contribution is -0.143. The van der Waals surface area contributed by atoms with E-state index in [0.717, 1.165) is 86.7 Å². The van der Waals surface area contributed by atoms with Gasteiger partial charge in [-0.05, 0) is 81.4 Å². The molecule has 2 N–H and O–H groups in total. The number of hydrogen-bond donors (Lipinski definition) is 2. The molecule has 1 saturated heterocycles. The number of aromatic nitrogens is 1. The van der Waals surface area contributed by atoms with Gasteiger partial charge in [0, 0.05) is 49.1 Å². The zero-order valence-electron chi connectivity index (χ0n) is 23.4. The number of carboxylic acid groups (broad SMARTS) is 1. The van der Waals surface area contributed by atoms with E-state index in [1.807, 2.05) is 17.0 Å². The molecule has 0 spiro atoms. The number of carbonyl (C=O) groups is 1. The van der Waals surface area contributed by atoms with E-state index in [-0.39, 0.29) is 6.10 Å². The summed E-state index contributed by atoms with van der Waals surface area (Å²) in [5.41, 5.74) is 4.23. The minimum Gasteiger partial charge on any atom is -0.496 e. The Morgan fingerprint density at radius 2 is 1.97 bits per heavy atom. The van der Waals surface area contributed by atoms with Crippen LogP contribution in [-0.2, 0) is 28.8 Å². The smallest absolute Gasteiger partial charge is 0.325 e. The highest BCUT2D eigenvalue weighted by Gasteiger charge is 2.36. The first-order valence-corrected chi connectivity index (χ1v) is 14.6. The number of nitrogens with one attached hydrogen (secondary N) is 1. The van der Waals surface area contributed by atoms with Crippen LogP contribution in [0.25, 0.3) is 0 Å². The van der Waals surface area contributed by atoms with Crippen LogP contribution in [0.5, 0.6) is 11.5 Å². The lowest BCUT2D eigenvalue weighted by atomic mass is 9.99. The molecule has 0 bridgehead atoms. The van der Waals surface area contributed by atoms with Crippen molar-refractivity contribution < 1.29 is 24.1 Å². The van der Waals surface area contributed by atoms with Crippen molar-refractivity contribution >= 4 is 11.8 Å². The van der Waals surface area contributed by atoms with Crippen LogP contribution in [0.4, 0.5) is 5.82 Å². The molecule has 1 saturated carbocycles. The zero-order valence-corrected chi connectivity index (χ0v) is 23.4. The third kappa shape index (κ3) is 7.03. The molecule has 0 radical (unpaired) electrons. The van der Waals surface area contributed by atoms with Gasteiger partial charge < -0.3 is 24.6 Å². The zero-order chi connectivity index (χ0) is 27.2. The van der Waals surface area contributed by atoms with Gasteiger partial charge in [-0.3, -0.25) is 9.69 Å². The second kappa shape index (κ2) is 13.0. The Balaban J connectivity index is 1.08. The summed E-state index contributed by atoms with van der Waals surface area (Å²) in [4.78, 5) is 19.3. The number of likely N-dealkylation sites (tertiary alicyclic amines) is 1. The minimum atomic E-state index is -0.833. The monoisotopic (exact) mass is 537 g/mol. The van der Waals surface area contributed by atoms with E-state index in [4.69, 9.17) is 19.2 Å². The number of nitrogens with zero attached hydrogens (tertiary/aromatic N) is 2. The van der Waals surface area contributed by atoms with E-state index >= 15 is 0 Å². The Labute approximate surface area is 232 Å². The van der Waals surface area contributed by atoms with Crippen LogP contribution in [0.15, 0.2) is 24.3 Å². The van der Waals surface area contributed by atoms with Crippen molar-refractivity contribution in [3.05, 3.63) is 46.6 Å². The highest BCUT2D eigenvalue weighted by Crippen LogP contribution is 2.37. The molecule has 5 rings (SSSR count). The molecule has 3 aliphatic rings. The van der Waals surface area contributed by atoms with Crippen molar-refractivity contribution in [1.29, 1.82) is 0 Å². The lowest BCUT2D eigenvalue weighted by Crippen LogP contribution is -2.34. The number of fused-ring (bicyclic) bond motifs is 1. The van der Waals surface area contributed by atoms with Crippen LogP contribution in [0.3, 0.4) is 0 Å². The lowest BCUT2D eigenvalue weighted by Gasteiger charge is -2.26. The predicted molar refractivity (Wildman–Crippen MR) is 151 cm³/mol. The van der Waals surface area contributed by atoms with E-state index in [0.29, 0.717) is 25.4 Å². The number of anilines is 1. The normalized spacial score (nSPS) is 19.8. The Morgan fingerprint density at radius 1 is 1.13 bits per heavy atom. The molecule has 2 aliphatic heterocycles. The van der Waals surface area contributed by atoms with Gasteiger partial charge in [0.05, 0.1) is 20.3 Å². The van der Waals surface area contributed by atoms with E-state index in [9.17, 15) is 9.90 Å². The first kappa shape index (κ1) is 27.7. The van der Waals surface area contributed by atoms with Crippen molar-refractivity contribution in [2.45, 2.75) is 76.4 Å². The van der Waals surface area contributed by atoms with Crippen molar-refractivity contribution in [1.82, 2.24) is 9.88 Å². The maximum Gasteiger partial charge on any atom is 0.325 e. The van der Waals surface area contributed by atoms with Crippen LogP contribution in [0, 0.1) is 5.92 Å². The van der Waals surface area contributed by atoms with Gasteiger partial charge in [-0.25, -0.2) is 4.98 Å². The summed E-state index contributed by atoms with van der Waals surface area (Å²) in [5.74, 6) is 2.49. The van der Waals surface area contributed by atoms with Gasteiger partial charge in [0.1, 0.15) is 23.4 Å². The van der Waals surface area contributed by atoms with Crippen molar-refractivity contribution in [2.75, 3.05) is 45.8 Å². The van der Waals surface area contributed by atoms with Crippen LogP contribution in [-0.4, -0.2) is 67.5 Å². The van der Waals surface area contributed by atoms with Gasteiger partial charge in [-0.15, -0.1) is 0 Å². The molecule has 1 aromatic carbocycles. The van der Waals surface area contributed by atoms with Gasteiger partial charge in [0.15, 0.2) is 0 Å². The summed E-state index contributed by atoms with van der Waals surface area (Å²) in [6, 6.07) is 7.42. The molecule has 1 aliphatic carbocycles. The number of pyridine rings is 1. The Morgan fingerprint density at radius 3 is 2.74 bits per heavy atom. The molecule has 1 unspecified atom stereocenters. The first-order chi connectivity index (χ1) is 19.1. The van der Waals surface area contributed by atoms with E-state index in [2.05, 4.69) is 17.4 Å². The van der Waals surface area contributed by atoms with Gasteiger partial charge in [0.25, 0.3) is 0 Å². The summed E-state index contributed by atoms with van der Waals surface area (Å²) in [5, 5.41) is 13.6. The molecule has 2 atom stereocenters. The molecule has 2 aromatic rings. The number of carboxylic acids is 1. The van der Waals surface area contributed by atoms with Crippen molar-refractivity contribution in [3.63, 3.8) is 0 Å². The number of ether oxygens (including phenoxy) is 3. The molecule has 1 aromatic heterocycles. The summed E-state index contributed by atoms with van der Waals surface area (Å²) in [6.45, 7) is 2.99. The predicted octanol–water partition coefficient (Wildman–Crippen LogP) is 5.04. The summed E-state index contributed by atoms with van der Waals surface area (Å²) in [7, 11) is 3.35. The first-order valence-electron chi connectivity index (χ1n) is 14.6. The van der Waals surface area contributed by atoms with E-state index in [1.165, 1.54) is 24.0 Å². The molecule has 2 fully saturated rings. The number of benzene rings is 1. The van der Waals surface area contributed by atoms with Gasteiger partial charge >= 0.3 is 5.97 Å². The quantitative estimate of drug-likeness (QED) is 0.324. The third-order valence-corrected chi connectivity index (χ3v) is 8.27. The number of rotatable bonds is 14. The molecular formula is C31H43N3O5. The highest BCUT2D eigenvalue weighted by atomic mass is 16.5. The van der Waals surface area contributed by atoms with E-state index in [1.54, 1.807) is 14.2 Å². The Bertz CT molecular complexity index is 1120. The number of methoxy groups -OCH3 is 2. The molecule has 39 heavy (non-hydrogen) atoms. The second-order valence-electron chi connectivity index (χ2n) is 11.2. The van der Waals surface area contributed by atoms with Gasteiger partial charge in [0.2, 0.25) is 0 Å². The summed E-state index contributed by atoms with van der Waals surface area (Å²) < 4.78 is 17.4. The molecule has 212 valence electrons. The van der Waals surface area contributed by atoms with E-state index < -0.39 is 12.0 Å². The molecule has 8 heteroatoms. The molecule has 0 amide bonds. The van der Waals surface area contributed by atoms with Crippen molar-refractivity contribution in [2.24, 2.45) is 5.92 Å². The molecule has 8 nitrogen and oxygen atoms in total. The second-order valence-corrected chi connectivity index (χ2v) is 11.2. The molecule has 3 heterocycles. The SMILES string of the molecule is COc1ccc(CC2CC2)cc1C(C(=O)O)N1CC[C@@H](OCCCCCc2cc(OC)c3c(n2)NCCC3)C1. The van der Waals surface area contributed by atoms with Crippen LogP contribution < -0.4 is 14.8 Å². The fourth-order valence-corrected chi connectivity index (χ4v) is 5.99. The minimum absolute atomic E-state index is 0.0603. The summed E-state index contributed by atoms with van der Waals surface area (Å²) >= 11 is 0. The number of aliphatic carboxylic acids is 1. The fraction of sp³-hybridized carbons (Fsp3) is 0.613. The average Bonchev–Trinajstić information content (AvgIpc) is 3.65.